The maximum absolute atomic E-state index is 14.3. The number of aromatic nitrogens is 2. The van der Waals surface area contributed by atoms with Crippen molar-refractivity contribution in [2.75, 3.05) is 7.11 Å². The van der Waals surface area contributed by atoms with Crippen LogP contribution < -0.4 is 4.74 Å². The maximum atomic E-state index is 14.3. The molecule has 4 heteroatoms. The van der Waals surface area contributed by atoms with Crippen LogP contribution in [0.2, 0.25) is 0 Å². The molecule has 3 nitrogen and oxygen atoms in total. The monoisotopic (exact) mass is 397 g/mol. The van der Waals surface area contributed by atoms with Crippen molar-refractivity contribution >= 4 is 22.0 Å². The largest absolute Gasteiger partial charge is 0.497 e. The van der Waals surface area contributed by atoms with Crippen LogP contribution in [-0.2, 0) is 0 Å². The average Bonchev–Trinajstić information content (AvgIpc) is 3.13. The highest BCUT2D eigenvalue weighted by Gasteiger charge is 2.27. The van der Waals surface area contributed by atoms with E-state index in [1.54, 1.807) is 7.11 Å². The fourth-order valence-electron chi connectivity index (χ4n) is 4.21. The van der Waals surface area contributed by atoms with E-state index in [0.29, 0.717) is 16.8 Å². The van der Waals surface area contributed by atoms with Gasteiger partial charge in [-0.25, -0.2) is 0 Å². The molecule has 0 bridgehead atoms. The van der Waals surface area contributed by atoms with Gasteiger partial charge in [-0.05, 0) is 76.9 Å². The van der Waals surface area contributed by atoms with Gasteiger partial charge in [-0.1, -0.05) is 48.9 Å². The van der Waals surface area contributed by atoms with Crippen molar-refractivity contribution in [3.63, 3.8) is 0 Å². The zero-order valence-electron chi connectivity index (χ0n) is 16.8. The van der Waals surface area contributed by atoms with Crippen LogP contribution >= 0.6 is 0 Å². The van der Waals surface area contributed by atoms with Gasteiger partial charge in [-0.15, -0.1) is 5.10 Å². The first-order valence-corrected chi connectivity index (χ1v) is 10.2. The fraction of sp³-hybridized carbons (Fsp3) is 0.192. The molecule has 0 unspecified atom stereocenters. The summed E-state index contributed by atoms with van der Waals surface area (Å²) in [6, 6.07) is 25.4. The van der Waals surface area contributed by atoms with E-state index in [9.17, 15) is 4.39 Å². The van der Waals surface area contributed by atoms with E-state index in [0.717, 1.165) is 40.9 Å². The molecule has 1 radical (unpaired) electrons. The molecule has 4 aromatic rings. The first-order chi connectivity index (χ1) is 14.7. The number of aromatic amines is 1. The summed E-state index contributed by atoms with van der Waals surface area (Å²) in [5.41, 5.74) is 6.17. The zero-order chi connectivity index (χ0) is 20.5. The molecular formula is C26H22FN2O. The second-order valence-corrected chi connectivity index (χ2v) is 7.70. The molecular weight excluding hydrogens is 375 g/mol. The number of rotatable bonds is 5. The first kappa shape index (κ1) is 18.6. The molecule has 1 fully saturated rings. The topological polar surface area (TPSA) is 37.9 Å². The van der Waals surface area contributed by atoms with Gasteiger partial charge in [-0.3, -0.25) is 5.10 Å². The number of allylic oxidation sites excluding steroid dienone is 1. The molecule has 0 amide bonds. The Morgan fingerprint density at radius 3 is 2.70 bits per heavy atom. The van der Waals surface area contributed by atoms with E-state index in [4.69, 9.17) is 4.74 Å². The highest BCUT2D eigenvalue weighted by Crippen LogP contribution is 2.45. The molecule has 1 aliphatic rings. The van der Waals surface area contributed by atoms with Gasteiger partial charge in [0.1, 0.15) is 5.75 Å². The van der Waals surface area contributed by atoms with Gasteiger partial charge in [0.05, 0.1) is 18.0 Å². The van der Waals surface area contributed by atoms with Gasteiger partial charge in [0.15, 0.2) is 0 Å². The summed E-state index contributed by atoms with van der Waals surface area (Å²) >= 11 is 0. The Morgan fingerprint density at radius 2 is 1.97 bits per heavy atom. The third kappa shape index (κ3) is 3.28. The molecule has 149 valence electrons. The van der Waals surface area contributed by atoms with Crippen LogP contribution in [-0.4, -0.2) is 17.3 Å². The van der Waals surface area contributed by atoms with Crippen molar-refractivity contribution in [1.29, 1.82) is 0 Å². The molecule has 0 atom stereocenters. The SMILES string of the molecule is COc1cccc(/C(=C(\c2[c]cccc2)c2ccc3[nH]nc(F)c3c2)C2CCC2)c1. The van der Waals surface area contributed by atoms with Crippen molar-refractivity contribution in [2.45, 2.75) is 19.3 Å². The van der Waals surface area contributed by atoms with E-state index >= 15 is 0 Å². The Labute approximate surface area is 175 Å². The molecule has 3 aromatic carbocycles. The van der Waals surface area contributed by atoms with Crippen LogP contribution in [0.15, 0.2) is 66.7 Å². The number of ether oxygens (including phenoxy) is 1. The molecule has 30 heavy (non-hydrogen) atoms. The van der Waals surface area contributed by atoms with Gasteiger partial charge >= 0.3 is 0 Å². The maximum Gasteiger partial charge on any atom is 0.240 e. The normalized spacial score (nSPS) is 15.0. The number of hydrogen-bond donors (Lipinski definition) is 1. The van der Waals surface area contributed by atoms with Gasteiger partial charge in [-0.2, -0.15) is 4.39 Å². The van der Waals surface area contributed by atoms with Crippen LogP contribution in [0.3, 0.4) is 0 Å². The van der Waals surface area contributed by atoms with E-state index in [2.05, 4.69) is 34.5 Å². The highest BCUT2D eigenvalue weighted by atomic mass is 19.1. The molecule has 1 aromatic heterocycles. The molecule has 1 N–H and O–H groups in total. The second kappa shape index (κ2) is 7.79. The summed E-state index contributed by atoms with van der Waals surface area (Å²) in [7, 11) is 1.69. The summed E-state index contributed by atoms with van der Waals surface area (Å²) in [4.78, 5) is 0. The van der Waals surface area contributed by atoms with Crippen molar-refractivity contribution in [3.8, 4) is 5.75 Å². The van der Waals surface area contributed by atoms with Crippen LogP contribution in [0.4, 0.5) is 4.39 Å². The van der Waals surface area contributed by atoms with Crippen molar-refractivity contribution in [2.24, 2.45) is 5.92 Å². The number of benzene rings is 3. The minimum absolute atomic E-state index is 0.450. The average molecular weight is 397 g/mol. The number of hydrogen-bond acceptors (Lipinski definition) is 2. The Morgan fingerprint density at radius 1 is 1.07 bits per heavy atom. The minimum Gasteiger partial charge on any atom is -0.497 e. The number of fused-ring (bicyclic) bond motifs is 1. The number of nitrogens with zero attached hydrogens (tertiary/aromatic N) is 1. The van der Waals surface area contributed by atoms with Crippen LogP contribution in [0.5, 0.6) is 5.75 Å². The van der Waals surface area contributed by atoms with Crippen LogP contribution in [0, 0.1) is 17.9 Å². The lowest BCUT2D eigenvalue weighted by atomic mass is 9.73. The fourth-order valence-corrected chi connectivity index (χ4v) is 4.21. The Hall–Kier alpha value is -3.40. The second-order valence-electron chi connectivity index (χ2n) is 7.70. The molecule has 1 aliphatic carbocycles. The third-order valence-corrected chi connectivity index (χ3v) is 5.95. The van der Waals surface area contributed by atoms with Crippen LogP contribution in [0.1, 0.15) is 36.0 Å². The Kier molecular flexibility index (Phi) is 4.83. The molecule has 0 saturated heterocycles. The lowest BCUT2D eigenvalue weighted by Crippen LogP contribution is -2.15. The predicted molar refractivity (Wildman–Crippen MR) is 118 cm³/mol. The van der Waals surface area contributed by atoms with E-state index in [1.165, 1.54) is 12.0 Å². The first-order valence-electron chi connectivity index (χ1n) is 10.2. The smallest absolute Gasteiger partial charge is 0.240 e. The standard InChI is InChI=1S/C26H22FN2O/c1-30-21-12-6-11-19(15-21)24(18-9-5-10-18)25(17-7-3-2-4-8-17)20-13-14-23-22(16-20)26(27)29-28-23/h2-4,6-7,11-16,18H,5,9-10H2,1H3,(H,28,29)/b25-24+. The highest BCUT2D eigenvalue weighted by molar-refractivity contribution is 6.01. The summed E-state index contributed by atoms with van der Waals surface area (Å²) in [6.07, 6.45) is 3.51. The molecule has 5 rings (SSSR count). The van der Waals surface area contributed by atoms with Gasteiger partial charge in [0, 0.05) is 0 Å². The molecule has 1 heterocycles. The van der Waals surface area contributed by atoms with Gasteiger partial charge in [0.25, 0.3) is 0 Å². The summed E-state index contributed by atoms with van der Waals surface area (Å²) in [5.74, 6) is 0.803. The minimum atomic E-state index is -0.477. The van der Waals surface area contributed by atoms with Crippen LogP contribution in [0.25, 0.3) is 22.0 Å². The zero-order valence-corrected chi connectivity index (χ0v) is 16.8. The summed E-state index contributed by atoms with van der Waals surface area (Å²) in [5, 5.41) is 6.97. The quantitative estimate of drug-likeness (QED) is 0.403. The Bertz CT molecular complexity index is 1220. The number of halogens is 1. The lowest BCUT2D eigenvalue weighted by Gasteiger charge is -2.31. The van der Waals surface area contributed by atoms with Gasteiger partial charge in [0.2, 0.25) is 5.95 Å². The Balaban J connectivity index is 1.81. The number of nitrogens with one attached hydrogen (secondary N) is 1. The van der Waals surface area contributed by atoms with Crippen molar-refractivity contribution in [3.05, 3.63) is 95.4 Å². The number of H-pyrrole nitrogens is 1. The summed E-state index contributed by atoms with van der Waals surface area (Å²) in [6.45, 7) is 0. The molecule has 0 spiro atoms. The van der Waals surface area contributed by atoms with Crippen molar-refractivity contribution < 1.29 is 9.13 Å². The lowest BCUT2D eigenvalue weighted by molar-refractivity contribution is 0.400. The van der Waals surface area contributed by atoms with Crippen molar-refractivity contribution in [1.82, 2.24) is 10.2 Å². The molecule has 0 aliphatic heterocycles. The van der Waals surface area contributed by atoms with E-state index in [-0.39, 0.29) is 0 Å². The van der Waals surface area contributed by atoms with E-state index < -0.39 is 5.95 Å². The predicted octanol–water partition coefficient (Wildman–Crippen LogP) is 6.27. The molecule has 1 saturated carbocycles. The third-order valence-electron chi connectivity index (χ3n) is 5.95. The van der Waals surface area contributed by atoms with Gasteiger partial charge < -0.3 is 4.74 Å². The number of methoxy groups -OCH3 is 1. The summed E-state index contributed by atoms with van der Waals surface area (Å²) < 4.78 is 19.8. The van der Waals surface area contributed by atoms with E-state index in [1.807, 2.05) is 48.5 Å².